The molecule has 0 amide bonds. The molecule has 1 N–H and O–H groups in total. The normalized spacial score (nSPS) is 21.9. The van der Waals surface area contributed by atoms with E-state index in [9.17, 15) is 5.11 Å². The lowest BCUT2D eigenvalue weighted by molar-refractivity contribution is 0.0625. The molecule has 1 heterocycles. The van der Waals surface area contributed by atoms with Crippen molar-refractivity contribution in [3.8, 4) is 5.75 Å². The maximum Gasteiger partial charge on any atom is 0.229 e. The Morgan fingerprint density at radius 3 is 2.79 bits per heavy atom. The minimum Gasteiger partial charge on any atom is -0.493 e. The van der Waals surface area contributed by atoms with E-state index in [-0.39, 0.29) is 12.0 Å². The summed E-state index contributed by atoms with van der Waals surface area (Å²) < 4.78 is 10.8. The van der Waals surface area contributed by atoms with Crippen molar-refractivity contribution in [2.45, 2.75) is 31.3 Å². The third kappa shape index (κ3) is 2.93. The van der Waals surface area contributed by atoms with E-state index in [1.807, 2.05) is 30.3 Å². The molecule has 0 atom stereocenters. The van der Waals surface area contributed by atoms with Crippen LogP contribution in [0.5, 0.6) is 5.75 Å². The maximum absolute atomic E-state index is 9.24. The highest BCUT2D eigenvalue weighted by molar-refractivity contribution is 5.20. The summed E-state index contributed by atoms with van der Waals surface area (Å²) in [7, 11) is 0. The highest BCUT2D eigenvalue weighted by atomic mass is 16.5. The number of aliphatic hydroxyl groups excluding tert-OH is 1. The SMILES string of the molecule is OC1CC(c2nc(CCOc3ccccc3)no2)C1. The minimum atomic E-state index is -0.207. The monoisotopic (exact) mass is 260 g/mol. The zero-order valence-electron chi connectivity index (χ0n) is 10.5. The van der Waals surface area contributed by atoms with Gasteiger partial charge in [-0.3, -0.25) is 0 Å². The first-order valence-electron chi connectivity index (χ1n) is 6.49. The molecule has 1 aromatic heterocycles. The molecule has 0 bridgehead atoms. The van der Waals surface area contributed by atoms with Gasteiger partial charge in [0.2, 0.25) is 5.89 Å². The van der Waals surface area contributed by atoms with E-state index in [4.69, 9.17) is 9.26 Å². The highest BCUT2D eigenvalue weighted by Gasteiger charge is 2.32. The van der Waals surface area contributed by atoms with E-state index >= 15 is 0 Å². The van der Waals surface area contributed by atoms with Crippen molar-refractivity contribution >= 4 is 0 Å². The molecule has 1 aliphatic carbocycles. The third-order valence-electron chi connectivity index (χ3n) is 3.28. The molecular weight excluding hydrogens is 244 g/mol. The molecule has 1 aliphatic rings. The molecule has 19 heavy (non-hydrogen) atoms. The van der Waals surface area contributed by atoms with Crippen molar-refractivity contribution in [3.63, 3.8) is 0 Å². The number of para-hydroxylation sites is 1. The molecule has 2 aromatic rings. The second-order valence-electron chi connectivity index (χ2n) is 4.78. The fourth-order valence-electron chi connectivity index (χ4n) is 2.10. The number of hydrogen-bond acceptors (Lipinski definition) is 5. The number of rotatable bonds is 5. The standard InChI is InChI=1S/C14H16N2O3/c17-11-8-10(9-11)14-15-13(16-19-14)6-7-18-12-4-2-1-3-5-12/h1-5,10-11,17H,6-9H2. The largest absolute Gasteiger partial charge is 0.493 e. The molecular formula is C14H16N2O3. The Morgan fingerprint density at radius 1 is 1.26 bits per heavy atom. The first-order chi connectivity index (χ1) is 9.31. The van der Waals surface area contributed by atoms with Crippen LogP contribution in [0.15, 0.2) is 34.9 Å². The molecule has 5 nitrogen and oxygen atoms in total. The van der Waals surface area contributed by atoms with Gasteiger partial charge in [-0.05, 0) is 25.0 Å². The van der Waals surface area contributed by atoms with Gasteiger partial charge in [0.1, 0.15) is 5.75 Å². The average Bonchev–Trinajstić information content (AvgIpc) is 2.85. The average molecular weight is 260 g/mol. The van der Waals surface area contributed by atoms with Gasteiger partial charge in [0, 0.05) is 12.3 Å². The van der Waals surface area contributed by atoms with Gasteiger partial charge in [0.15, 0.2) is 5.82 Å². The molecule has 1 aromatic carbocycles. The number of aromatic nitrogens is 2. The van der Waals surface area contributed by atoms with Crippen molar-refractivity contribution < 1.29 is 14.4 Å². The Labute approximate surface area is 111 Å². The van der Waals surface area contributed by atoms with Crippen LogP contribution in [0.3, 0.4) is 0 Å². The number of aliphatic hydroxyl groups is 1. The Morgan fingerprint density at radius 2 is 2.05 bits per heavy atom. The first kappa shape index (κ1) is 12.2. The quantitative estimate of drug-likeness (QED) is 0.889. The van der Waals surface area contributed by atoms with Crippen LogP contribution < -0.4 is 4.74 Å². The van der Waals surface area contributed by atoms with Crippen LogP contribution in [-0.4, -0.2) is 28.0 Å². The summed E-state index contributed by atoms with van der Waals surface area (Å²) in [5.74, 6) is 2.37. The van der Waals surface area contributed by atoms with E-state index in [2.05, 4.69) is 10.1 Å². The van der Waals surface area contributed by atoms with Gasteiger partial charge in [-0.1, -0.05) is 23.4 Å². The van der Waals surface area contributed by atoms with E-state index in [0.717, 1.165) is 18.6 Å². The summed E-state index contributed by atoms with van der Waals surface area (Å²) in [6, 6.07) is 9.65. The van der Waals surface area contributed by atoms with Gasteiger partial charge >= 0.3 is 0 Å². The molecule has 5 heteroatoms. The van der Waals surface area contributed by atoms with Crippen LogP contribution in [0.1, 0.15) is 30.5 Å². The Bertz CT molecular complexity index is 520. The number of benzene rings is 1. The molecule has 0 unspecified atom stereocenters. The molecule has 0 aliphatic heterocycles. The number of hydrogen-bond donors (Lipinski definition) is 1. The number of nitrogens with zero attached hydrogens (tertiary/aromatic N) is 2. The molecule has 100 valence electrons. The summed E-state index contributed by atoms with van der Waals surface area (Å²) in [6.07, 6.45) is 1.86. The second kappa shape index (κ2) is 5.40. The zero-order chi connectivity index (χ0) is 13.1. The van der Waals surface area contributed by atoms with Crippen molar-refractivity contribution in [2.24, 2.45) is 0 Å². The predicted molar refractivity (Wildman–Crippen MR) is 67.9 cm³/mol. The summed E-state index contributed by atoms with van der Waals surface area (Å²) >= 11 is 0. The summed E-state index contributed by atoms with van der Waals surface area (Å²) in [4.78, 5) is 4.33. The van der Waals surface area contributed by atoms with Crippen molar-refractivity contribution in [1.29, 1.82) is 0 Å². The van der Waals surface area contributed by atoms with Gasteiger partial charge in [-0.15, -0.1) is 0 Å². The summed E-state index contributed by atoms with van der Waals surface area (Å²) in [6.45, 7) is 0.524. The van der Waals surface area contributed by atoms with E-state index in [0.29, 0.717) is 24.7 Å². The minimum absolute atomic E-state index is 0.207. The fraction of sp³-hybridized carbons (Fsp3) is 0.429. The maximum atomic E-state index is 9.24. The van der Waals surface area contributed by atoms with Gasteiger partial charge in [-0.2, -0.15) is 4.98 Å². The van der Waals surface area contributed by atoms with Crippen LogP contribution >= 0.6 is 0 Å². The molecule has 0 saturated heterocycles. The molecule has 1 fully saturated rings. The summed E-state index contributed by atoms with van der Waals surface area (Å²) in [5, 5.41) is 13.2. The Balaban J connectivity index is 1.48. The van der Waals surface area contributed by atoms with Crippen molar-refractivity contribution in [3.05, 3.63) is 42.0 Å². The van der Waals surface area contributed by atoms with Crippen LogP contribution in [0.2, 0.25) is 0 Å². The van der Waals surface area contributed by atoms with Crippen LogP contribution in [-0.2, 0) is 6.42 Å². The molecule has 0 radical (unpaired) electrons. The summed E-state index contributed by atoms with van der Waals surface area (Å²) in [5.41, 5.74) is 0. The lowest BCUT2D eigenvalue weighted by Gasteiger charge is -2.27. The lowest BCUT2D eigenvalue weighted by atomic mass is 9.82. The molecule has 3 rings (SSSR count). The van der Waals surface area contributed by atoms with Gasteiger partial charge in [0.25, 0.3) is 0 Å². The topological polar surface area (TPSA) is 68.4 Å². The van der Waals surface area contributed by atoms with Gasteiger partial charge in [0.05, 0.1) is 12.7 Å². The van der Waals surface area contributed by atoms with Crippen LogP contribution in [0.4, 0.5) is 0 Å². The zero-order valence-corrected chi connectivity index (χ0v) is 10.5. The first-order valence-corrected chi connectivity index (χ1v) is 6.49. The Kier molecular flexibility index (Phi) is 3.46. The van der Waals surface area contributed by atoms with Gasteiger partial charge in [-0.25, -0.2) is 0 Å². The van der Waals surface area contributed by atoms with Crippen molar-refractivity contribution in [1.82, 2.24) is 10.1 Å². The number of ether oxygens (including phenoxy) is 1. The smallest absolute Gasteiger partial charge is 0.229 e. The van der Waals surface area contributed by atoms with E-state index in [1.165, 1.54) is 0 Å². The second-order valence-corrected chi connectivity index (χ2v) is 4.78. The highest BCUT2D eigenvalue weighted by Crippen LogP contribution is 2.35. The fourth-order valence-corrected chi connectivity index (χ4v) is 2.10. The third-order valence-corrected chi connectivity index (χ3v) is 3.28. The molecule has 1 saturated carbocycles. The Hall–Kier alpha value is -1.88. The van der Waals surface area contributed by atoms with Gasteiger partial charge < -0.3 is 14.4 Å². The predicted octanol–water partition coefficient (Wildman–Crippen LogP) is 1.93. The lowest BCUT2D eigenvalue weighted by Crippen LogP contribution is -2.26. The van der Waals surface area contributed by atoms with Crippen LogP contribution in [0.25, 0.3) is 0 Å². The van der Waals surface area contributed by atoms with Crippen molar-refractivity contribution in [2.75, 3.05) is 6.61 Å². The van der Waals surface area contributed by atoms with E-state index < -0.39 is 0 Å². The van der Waals surface area contributed by atoms with Crippen LogP contribution in [0, 0.1) is 0 Å². The van der Waals surface area contributed by atoms with E-state index in [1.54, 1.807) is 0 Å². The molecule has 0 spiro atoms.